The lowest BCUT2D eigenvalue weighted by Crippen LogP contribution is -2.33. The highest BCUT2D eigenvalue weighted by Crippen LogP contribution is 2.24. The van der Waals surface area contributed by atoms with E-state index in [9.17, 15) is 4.79 Å². The normalized spacial score (nSPS) is 17.3. The van der Waals surface area contributed by atoms with Gasteiger partial charge >= 0.3 is 0 Å². The van der Waals surface area contributed by atoms with Crippen LogP contribution in [0, 0.1) is 0 Å². The van der Waals surface area contributed by atoms with Gasteiger partial charge in [-0.2, -0.15) is 0 Å². The van der Waals surface area contributed by atoms with Gasteiger partial charge in [0.25, 0.3) is 5.91 Å². The van der Waals surface area contributed by atoms with Gasteiger partial charge < -0.3 is 15.8 Å². The van der Waals surface area contributed by atoms with Crippen LogP contribution in [0.25, 0.3) is 0 Å². The van der Waals surface area contributed by atoms with E-state index in [-0.39, 0.29) is 5.91 Å². The van der Waals surface area contributed by atoms with Gasteiger partial charge in [0.15, 0.2) is 6.17 Å². The predicted octanol–water partition coefficient (Wildman–Crippen LogP) is 1.16. The van der Waals surface area contributed by atoms with Crippen molar-refractivity contribution >= 4 is 17.3 Å². The number of amides is 1. The topological polar surface area (TPSA) is 89.6 Å². The minimum absolute atomic E-state index is 0.335. The van der Waals surface area contributed by atoms with E-state index in [0.29, 0.717) is 17.3 Å². The summed E-state index contributed by atoms with van der Waals surface area (Å²) < 4.78 is 5.13. The molecule has 1 aromatic heterocycles. The number of ether oxygens (including phenoxy) is 1. The number of benzene rings is 1. The molecule has 2 aromatic rings. The maximum Gasteiger partial charge on any atom is 0.263 e. The number of anilines is 1. The Balaban J connectivity index is 2.18. The third-order valence-corrected chi connectivity index (χ3v) is 3.19. The predicted molar refractivity (Wildman–Crippen MR) is 79.5 cm³/mol. The van der Waals surface area contributed by atoms with Gasteiger partial charge in [-0.3, -0.25) is 9.79 Å². The first-order valence-electron chi connectivity index (χ1n) is 6.43. The quantitative estimate of drug-likeness (QED) is 0.865. The molecule has 0 aliphatic carbocycles. The molecule has 1 aliphatic rings. The summed E-state index contributed by atoms with van der Waals surface area (Å²) in [6, 6.07) is 11.0. The van der Waals surface area contributed by atoms with Crippen LogP contribution in [-0.4, -0.2) is 29.9 Å². The van der Waals surface area contributed by atoms with E-state index in [4.69, 9.17) is 10.5 Å². The van der Waals surface area contributed by atoms with Crippen LogP contribution < -0.4 is 15.8 Å². The number of pyridine rings is 1. The minimum atomic E-state index is -0.952. The average molecular weight is 282 g/mol. The van der Waals surface area contributed by atoms with Gasteiger partial charge in [0.2, 0.25) is 5.88 Å². The first-order valence-corrected chi connectivity index (χ1v) is 6.43. The molecule has 21 heavy (non-hydrogen) atoms. The van der Waals surface area contributed by atoms with Crippen LogP contribution in [0.1, 0.15) is 11.1 Å². The maximum atomic E-state index is 11.9. The molecule has 3 rings (SSSR count). The lowest BCUT2D eigenvalue weighted by molar-refractivity contribution is -0.117. The van der Waals surface area contributed by atoms with Crippen LogP contribution in [0.3, 0.4) is 0 Å². The Kier molecular flexibility index (Phi) is 3.37. The molecule has 0 bridgehead atoms. The number of aliphatic imine (C=N–C) groups is 1. The van der Waals surface area contributed by atoms with Gasteiger partial charge in [-0.1, -0.05) is 18.2 Å². The SMILES string of the molecule is COc1cc(C2=NC(N)C(=O)Nc3ccccc32)ccn1. The number of methoxy groups -OCH3 is 1. The second-order valence-electron chi connectivity index (χ2n) is 4.54. The van der Waals surface area contributed by atoms with Gasteiger partial charge in [0.1, 0.15) is 0 Å². The molecule has 6 heteroatoms. The molecular formula is C15H14N4O2. The highest BCUT2D eigenvalue weighted by atomic mass is 16.5. The molecule has 1 unspecified atom stereocenters. The fourth-order valence-corrected chi connectivity index (χ4v) is 2.17. The zero-order valence-electron chi connectivity index (χ0n) is 11.4. The lowest BCUT2D eigenvalue weighted by Gasteiger charge is -2.10. The molecule has 1 amide bonds. The van der Waals surface area contributed by atoms with Crippen molar-refractivity contribution in [1.29, 1.82) is 0 Å². The number of rotatable bonds is 2. The van der Waals surface area contributed by atoms with Crippen molar-refractivity contribution in [2.24, 2.45) is 10.7 Å². The van der Waals surface area contributed by atoms with Crippen LogP contribution >= 0.6 is 0 Å². The largest absolute Gasteiger partial charge is 0.481 e. The van der Waals surface area contributed by atoms with Gasteiger partial charge in [0.05, 0.1) is 18.5 Å². The fourth-order valence-electron chi connectivity index (χ4n) is 2.17. The average Bonchev–Trinajstić information content (AvgIpc) is 2.65. The summed E-state index contributed by atoms with van der Waals surface area (Å²) in [4.78, 5) is 20.3. The zero-order valence-corrected chi connectivity index (χ0v) is 11.4. The smallest absolute Gasteiger partial charge is 0.263 e. The zero-order chi connectivity index (χ0) is 14.8. The van der Waals surface area contributed by atoms with Crippen molar-refractivity contribution in [1.82, 2.24) is 4.98 Å². The number of aromatic nitrogens is 1. The van der Waals surface area contributed by atoms with Gasteiger partial charge in [-0.05, 0) is 12.1 Å². The fraction of sp³-hybridized carbons (Fsp3) is 0.133. The number of benzodiazepines with no additional fused rings is 1. The van der Waals surface area contributed by atoms with Crippen LogP contribution in [0.15, 0.2) is 47.6 Å². The highest BCUT2D eigenvalue weighted by Gasteiger charge is 2.22. The Hall–Kier alpha value is -2.73. The number of nitrogens with zero attached hydrogens (tertiary/aromatic N) is 2. The van der Waals surface area contributed by atoms with Gasteiger partial charge in [-0.15, -0.1) is 0 Å². The first-order chi connectivity index (χ1) is 10.2. The molecule has 0 radical (unpaired) electrons. The Morgan fingerprint density at radius 3 is 2.90 bits per heavy atom. The summed E-state index contributed by atoms with van der Waals surface area (Å²) in [6.45, 7) is 0. The number of hydrogen-bond acceptors (Lipinski definition) is 5. The number of hydrogen-bond donors (Lipinski definition) is 2. The first kappa shape index (κ1) is 13.3. The Morgan fingerprint density at radius 2 is 2.10 bits per heavy atom. The summed E-state index contributed by atoms with van der Waals surface area (Å²) in [6.07, 6.45) is 0.678. The number of carbonyl (C=O) groups excluding carboxylic acids is 1. The van der Waals surface area contributed by atoms with Crippen molar-refractivity contribution < 1.29 is 9.53 Å². The van der Waals surface area contributed by atoms with Crippen molar-refractivity contribution in [3.63, 3.8) is 0 Å². The van der Waals surface area contributed by atoms with Crippen molar-refractivity contribution in [2.75, 3.05) is 12.4 Å². The lowest BCUT2D eigenvalue weighted by atomic mass is 10.0. The second kappa shape index (κ2) is 5.34. The van der Waals surface area contributed by atoms with Crippen molar-refractivity contribution in [3.8, 4) is 5.88 Å². The van der Waals surface area contributed by atoms with Crippen LogP contribution in [0.4, 0.5) is 5.69 Å². The Labute approximate surface area is 121 Å². The summed E-state index contributed by atoms with van der Waals surface area (Å²) in [5.41, 5.74) is 8.74. The molecule has 6 nitrogen and oxygen atoms in total. The van der Waals surface area contributed by atoms with Gasteiger partial charge in [-0.25, -0.2) is 4.98 Å². The Morgan fingerprint density at radius 1 is 1.29 bits per heavy atom. The van der Waals surface area contributed by atoms with E-state index in [1.165, 1.54) is 0 Å². The highest BCUT2D eigenvalue weighted by molar-refractivity contribution is 6.19. The number of carbonyl (C=O) groups is 1. The summed E-state index contributed by atoms with van der Waals surface area (Å²) in [7, 11) is 1.55. The van der Waals surface area contributed by atoms with E-state index in [2.05, 4.69) is 15.3 Å². The molecule has 0 fully saturated rings. The third kappa shape index (κ3) is 2.48. The molecule has 0 saturated heterocycles. The van der Waals surface area contributed by atoms with E-state index < -0.39 is 6.17 Å². The molecule has 106 valence electrons. The minimum Gasteiger partial charge on any atom is -0.481 e. The number of nitrogens with two attached hydrogens (primary N) is 1. The summed E-state index contributed by atoms with van der Waals surface area (Å²) in [5, 5.41) is 2.78. The summed E-state index contributed by atoms with van der Waals surface area (Å²) >= 11 is 0. The van der Waals surface area contributed by atoms with Crippen LogP contribution in [0.2, 0.25) is 0 Å². The third-order valence-electron chi connectivity index (χ3n) is 3.19. The van der Waals surface area contributed by atoms with Crippen molar-refractivity contribution in [2.45, 2.75) is 6.17 Å². The molecule has 3 N–H and O–H groups in total. The van der Waals surface area contributed by atoms with E-state index in [1.807, 2.05) is 24.3 Å². The van der Waals surface area contributed by atoms with E-state index in [1.54, 1.807) is 25.4 Å². The molecule has 1 aliphatic heterocycles. The molecule has 2 heterocycles. The maximum absolute atomic E-state index is 11.9. The van der Waals surface area contributed by atoms with Crippen molar-refractivity contribution in [3.05, 3.63) is 53.7 Å². The molecule has 0 saturated carbocycles. The number of nitrogens with one attached hydrogen (secondary N) is 1. The second-order valence-corrected chi connectivity index (χ2v) is 4.54. The molecular weight excluding hydrogens is 268 g/mol. The molecule has 0 spiro atoms. The number of fused-ring (bicyclic) bond motifs is 1. The van der Waals surface area contributed by atoms with E-state index in [0.717, 1.165) is 11.1 Å². The molecule has 1 aromatic carbocycles. The summed E-state index contributed by atoms with van der Waals surface area (Å²) in [5.74, 6) is 0.142. The Bertz CT molecular complexity index is 727. The monoisotopic (exact) mass is 282 g/mol. The van der Waals surface area contributed by atoms with Crippen LogP contribution in [-0.2, 0) is 4.79 Å². The number of para-hydroxylation sites is 1. The van der Waals surface area contributed by atoms with E-state index >= 15 is 0 Å². The molecule has 1 atom stereocenters. The van der Waals surface area contributed by atoms with Gasteiger partial charge in [0, 0.05) is 23.4 Å². The van der Waals surface area contributed by atoms with Crippen LogP contribution in [0.5, 0.6) is 5.88 Å². The standard InChI is InChI=1S/C15H14N4O2/c1-21-12-8-9(6-7-17-12)13-10-4-2-3-5-11(10)18-15(20)14(16)19-13/h2-8,14H,16H2,1H3,(H,18,20).